The van der Waals surface area contributed by atoms with Crippen LogP contribution in [-0.4, -0.2) is 38.1 Å². The van der Waals surface area contributed by atoms with Gasteiger partial charge in [-0.15, -0.1) is 0 Å². The van der Waals surface area contributed by atoms with E-state index < -0.39 is 0 Å². The zero-order valence-corrected chi connectivity index (χ0v) is 16.3. The van der Waals surface area contributed by atoms with Gasteiger partial charge >= 0.3 is 0 Å². The van der Waals surface area contributed by atoms with E-state index in [1.54, 1.807) is 18.2 Å². The Hall–Kier alpha value is -2.83. The van der Waals surface area contributed by atoms with Gasteiger partial charge in [0.25, 0.3) is 0 Å². The number of hydrogen-bond donors (Lipinski definition) is 2. The molecule has 3 rings (SSSR count). The number of carbonyl (C=O) groups is 2. The van der Waals surface area contributed by atoms with Crippen molar-refractivity contribution >= 4 is 46.6 Å². The third-order valence-corrected chi connectivity index (χ3v) is 4.54. The van der Waals surface area contributed by atoms with E-state index in [1.807, 2.05) is 30.3 Å². The van der Waals surface area contributed by atoms with Gasteiger partial charge in [-0.2, -0.15) is 0 Å². The van der Waals surface area contributed by atoms with Crippen molar-refractivity contribution < 1.29 is 14.3 Å². The van der Waals surface area contributed by atoms with E-state index in [9.17, 15) is 9.59 Å². The number of nitrogens with zero attached hydrogens (tertiary/aromatic N) is 1. The first-order chi connectivity index (χ1) is 13.5. The van der Waals surface area contributed by atoms with Gasteiger partial charge in [0.15, 0.2) is 0 Å². The minimum absolute atomic E-state index is 0.125. The number of benzene rings is 2. The topological polar surface area (TPSA) is 70.7 Å². The minimum Gasteiger partial charge on any atom is -0.378 e. The number of ether oxygens (including phenoxy) is 1. The largest absolute Gasteiger partial charge is 0.378 e. The molecule has 0 spiro atoms. The molecule has 1 saturated heterocycles. The standard InChI is InChI=1S/C21H22ClN3O3/c1-15(26)23-17-8-5-16(6-9-17)7-10-20(27)24-19-4-2-3-18(22)21(19)25-11-13-28-14-12-25/h2-10H,11-14H2,1H3,(H,23,26)(H,24,27)/b10-7+. The fraction of sp³-hybridized carbons (Fsp3) is 0.238. The molecule has 2 aromatic rings. The molecule has 0 saturated carbocycles. The molecule has 1 aliphatic heterocycles. The van der Waals surface area contributed by atoms with Gasteiger partial charge in [-0.05, 0) is 35.9 Å². The van der Waals surface area contributed by atoms with Crippen molar-refractivity contribution in [3.8, 4) is 0 Å². The molecular weight excluding hydrogens is 378 g/mol. The number of halogens is 1. The van der Waals surface area contributed by atoms with Gasteiger partial charge < -0.3 is 20.3 Å². The molecule has 0 unspecified atom stereocenters. The monoisotopic (exact) mass is 399 g/mol. The molecule has 1 fully saturated rings. The van der Waals surface area contributed by atoms with Crippen molar-refractivity contribution in [2.45, 2.75) is 6.92 Å². The summed E-state index contributed by atoms with van der Waals surface area (Å²) in [6, 6.07) is 12.7. The molecule has 28 heavy (non-hydrogen) atoms. The lowest BCUT2D eigenvalue weighted by atomic mass is 10.2. The Labute approximate surface area is 169 Å². The lowest BCUT2D eigenvalue weighted by Gasteiger charge is -2.31. The van der Waals surface area contributed by atoms with Crippen molar-refractivity contribution in [3.05, 3.63) is 59.1 Å². The molecule has 6 nitrogen and oxygen atoms in total. The highest BCUT2D eigenvalue weighted by molar-refractivity contribution is 6.34. The number of hydrogen-bond acceptors (Lipinski definition) is 4. The van der Waals surface area contributed by atoms with Gasteiger partial charge in [-0.25, -0.2) is 0 Å². The number of amides is 2. The van der Waals surface area contributed by atoms with Crippen molar-refractivity contribution in [2.24, 2.45) is 0 Å². The SMILES string of the molecule is CC(=O)Nc1ccc(/C=C/C(=O)Nc2cccc(Cl)c2N2CCOCC2)cc1. The van der Waals surface area contributed by atoms with E-state index in [1.165, 1.54) is 13.0 Å². The second-order valence-corrected chi connectivity index (χ2v) is 6.77. The van der Waals surface area contributed by atoms with Crippen LogP contribution in [-0.2, 0) is 14.3 Å². The van der Waals surface area contributed by atoms with Crippen LogP contribution in [0.15, 0.2) is 48.5 Å². The maximum absolute atomic E-state index is 12.4. The summed E-state index contributed by atoms with van der Waals surface area (Å²) in [6.45, 7) is 4.17. The van der Waals surface area contributed by atoms with Crippen molar-refractivity contribution in [2.75, 3.05) is 41.8 Å². The summed E-state index contributed by atoms with van der Waals surface area (Å²) in [5.41, 5.74) is 3.05. The second-order valence-electron chi connectivity index (χ2n) is 6.36. The Morgan fingerprint density at radius 3 is 2.46 bits per heavy atom. The molecule has 2 N–H and O–H groups in total. The lowest BCUT2D eigenvalue weighted by molar-refractivity contribution is -0.114. The van der Waals surface area contributed by atoms with Gasteiger partial charge in [-0.1, -0.05) is 29.8 Å². The molecule has 0 aromatic heterocycles. The molecule has 1 aliphatic rings. The van der Waals surface area contributed by atoms with Crippen molar-refractivity contribution in [1.82, 2.24) is 0 Å². The van der Waals surface area contributed by atoms with E-state index >= 15 is 0 Å². The summed E-state index contributed by atoms with van der Waals surface area (Å²) in [5, 5.41) is 6.21. The first kappa shape index (κ1) is 19.9. The fourth-order valence-corrected chi connectivity index (χ4v) is 3.25. The van der Waals surface area contributed by atoms with Crippen LogP contribution in [0.2, 0.25) is 5.02 Å². The number of anilines is 3. The summed E-state index contributed by atoms with van der Waals surface area (Å²) in [5.74, 6) is -0.372. The lowest BCUT2D eigenvalue weighted by Crippen LogP contribution is -2.37. The molecule has 2 aromatic carbocycles. The Kier molecular flexibility index (Phi) is 6.68. The molecule has 2 amide bonds. The molecule has 0 atom stereocenters. The van der Waals surface area contributed by atoms with Gasteiger partial charge in [-0.3, -0.25) is 9.59 Å². The fourth-order valence-electron chi connectivity index (χ4n) is 2.95. The predicted molar refractivity (Wildman–Crippen MR) is 113 cm³/mol. The molecule has 146 valence electrons. The average molecular weight is 400 g/mol. The summed E-state index contributed by atoms with van der Waals surface area (Å²) >= 11 is 6.39. The molecule has 0 aliphatic carbocycles. The first-order valence-electron chi connectivity index (χ1n) is 9.01. The van der Waals surface area contributed by atoms with E-state index in [4.69, 9.17) is 16.3 Å². The molecular formula is C21H22ClN3O3. The Morgan fingerprint density at radius 2 is 1.79 bits per heavy atom. The Balaban J connectivity index is 1.68. The maximum atomic E-state index is 12.4. The smallest absolute Gasteiger partial charge is 0.248 e. The number of para-hydroxylation sites is 1. The third kappa shape index (κ3) is 5.34. The number of carbonyl (C=O) groups excluding carboxylic acids is 2. The van der Waals surface area contributed by atoms with Gasteiger partial charge in [0.1, 0.15) is 0 Å². The van der Waals surface area contributed by atoms with Crippen LogP contribution < -0.4 is 15.5 Å². The summed E-state index contributed by atoms with van der Waals surface area (Å²) in [7, 11) is 0. The van der Waals surface area contributed by atoms with Crippen LogP contribution in [0.1, 0.15) is 12.5 Å². The summed E-state index contributed by atoms with van der Waals surface area (Å²) in [4.78, 5) is 25.6. The number of morpholine rings is 1. The highest BCUT2D eigenvalue weighted by atomic mass is 35.5. The Bertz CT molecular complexity index is 875. The highest BCUT2D eigenvalue weighted by Crippen LogP contribution is 2.34. The van der Waals surface area contributed by atoms with Crippen LogP contribution >= 0.6 is 11.6 Å². The summed E-state index contributed by atoms with van der Waals surface area (Å²) < 4.78 is 5.39. The maximum Gasteiger partial charge on any atom is 0.248 e. The predicted octanol–water partition coefficient (Wildman–Crippen LogP) is 3.79. The number of rotatable bonds is 5. The zero-order valence-electron chi connectivity index (χ0n) is 15.6. The van der Waals surface area contributed by atoms with Crippen LogP contribution in [0.5, 0.6) is 0 Å². The van der Waals surface area contributed by atoms with E-state index in [2.05, 4.69) is 15.5 Å². The van der Waals surface area contributed by atoms with Gasteiger partial charge in [0.2, 0.25) is 11.8 Å². The van der Waals surface area contributed by atoms with E-state index in [-0.39, 0.29) is 11.8 Å². The normalized spacial score (nSPS) is 14.1. The van der Waals surface area contributed by atoms with Crippen molar-refractivity contribution in [1.29, 1.82) is 0 Å². The van der Waals surface area contributed by atoms with E-state index in [0.29, 0.717) is 29.6 Å². The number of nitrogens with one attached hydrogen (secondary N) is 2. The average Bonchev–Trinajstić information content (AvgIpc) is 2.68. The van der Waals surface area contributed by atoms with Crippen LogP contribution in [0.25, 0.3) is 6.08 Å². The molecule has 0 bridgehead atoms. The first-order valence-corrected chi connectivity index (χ1v) is 9.38. The third-order valence-electron chi connectivity index (χ3n) is 4.23. The van der Waals surface area contributed by atoms with Crippen LogP contribution in [0.4, 0.5) is 17.1 Å². The summed E-state index contributed by atoms with van der Waals surface area (Å²) in [6.07, 6.45) is 3.18. The molecule has 7 heteroatoms. The molecule has 0 radical (unpaired) electrons. The van der Waals surface area contributed by atoms with Crippen LogP contribution in [0, 0.1) is 0 Å². The quantitative estimate of drug-likeness (QED) is 0.750. The van der Waals surface area contributed by atoms with Crippen LogP contribution in [0.3, 0.4) is 0 Å². The highest BCUT2D eigenvalue weighted by Gasteiger charge is 2.18. The van der Waals surface area contributed by atoms with E-state index in [0.717, 1.165) is 24.3 Å². The zero-order chi connectivity index (χ0) is 19.9. The second kappa shape index (κ2) is 9.39. The van der Waals surface area contributed by atoms with Crippen molar-refractivity contribution in [3.63, 3.8) is 0 Å². The van der Waals surface area contributed by atoms with Gasteiger partial charge in [0, 0.05) is 31.8 Å². The molecule has 1 heterocycles. The Morgan fingerprint density at radius 1 is 1.07 bits per heavy atom. The van der Waals surface area contributed by atoms with Gasteiger partial charge in [0.05, 0.1) is 29.6 Å². The minimum atomic E-state index is -0.247.